The Bertz CT molecular complexity index is 180. The Kier molecular flexibility index (Phi) is 3.17. The molecule has 0 aromatic rings. The number of hydrogen-bond acceptors (Lipinski definition) is 4. The van der Waals surface area contributed by atoms with Crippen LogP contribution in [0.5, 0.6) is 0 Å². The normalized spacial score (nSPS) is 11.1. The van der Waals surface area contributed by atoms with Gasteiger partial charge in [0.05, 0.1) is 5.97 Å². The molecule has 0 heterocycles. The van der Waals surface area contributed by atoms with E-state index in [0.717, 1.165) is 6.08 Å². The van der Waals surface area contributed by atoms with Crippen LogP contribution < -0.4 is 10.2 Å². The SMILES string of the molecule is CC(=CC(=O)[O-])CC(=O)[O-]. The van der Waals surface area contributed by atoms with Gasteiger partial charge in [0, 0.05) is 12.4 Å². The van der Waals surface area contributed by atoms with Crippen molar-refractivity contribution in [2.75, 3.05) is 0 Å². The molecule has 0 saturated carbocycles. The summed E-state index contributed by atoms with van der Waals surface area (Å²) in [7, 11) is 0. The summed E-state index contributed by atoms with van der Waals surface area (Å²) in [6, 6.07) is 0. The zero-order valence-corrected chi connectivity index (χ0v) is 5.42. The predicted molar refractivity (Wildman–Crippen MR) is 28.4 cm³/mol. The molecule has 0 amide bonds. The summed E-state index contributed by atoms with van der Waals surface area (Å²) in [5, 5.41) is 19.6. The van der Waals surface area contributed by atoms with Crippen LogP contribution in [0.15, 0.2) is 11.6 Å². The molecule has 0 saturated heterocycles. The third kappa shape index (κ3) is 4.83. The molecule has 0 radical (unpaired) electrons. The summed E-state index contributed by atoms with van der Waals surface area (Å²) in [6.07, 6.45) is 0.365. The highest BCUT2D eigenvalue weighted by atomic mass is 16.4. The fourth-order valence-electron chi connectivity index (χ4n) is 0.480. The molecule has 0 atom stereocenters. The Balaban J connectivity index is 3.95. The quantitative estimate of drug-likeness (QED) is 0.420. The monoisotopic (exact) mass is 142 g/mol. The van der Waals surface area contributed by atoms with E-state index in [0.29, 0.717) is 0 Å². The molecule has 4 nitrogen and oxygen atoms in total. The minimum atomic E-state index is -1.39. The Hall–Kier alpha value is -1.32. The molecule has 0 aromatic heterocycles. The summed E-state index contributed by atoms with van der Waals surface area (Å²) in [4.78, 5) is 19.6. The summed E-state index contributed by atoms with van der Waals surface area (Å²) in [5.41, 5.74) is 0.208. The van der Waals surface area contributed by atoms with E-state index in [4.69, 9.17) is 0 Å². The first kappa shape index (κ1) is 8.68. The first-order chi connectivity index (χ1) is 4.52. The van der Waals surface area contributed by atoms with Crippen molar-refractivity contribution in [2.45, 2.75) is 13.3 Å². The van der Waals surface area contributed by atoms with Crippen molar-refractivity contribution in [3.05, 3.63) is 11.6 Å². The van der Waals surface area contributed by atoms with Crippen LogP contribution in [0.1, 0.15) is 13.3 Å². The fraction of sp³-hybridized carbons (Fsp3) is 0.333. The van der Waals surface area contributed by atoms with Crippen molar-refractivity contribution in [3.63, 3.8) is 0 Å². The van der Waals surface area contributed by atoms with E-state index < -0.39 is 11.9 Å². The van der Waals surface area contributed by atoms with Gasteiger partial charge in [-0.05, 0) is 13.0 Å². The minimum absolute atomic E-state index is 0.208. The molecule has 0 N–H and O–H groups in total. The molecule has 56 valence electrons. The molecule has 4 heteroatoms. The number of carboxylic acids is 2. The molecule has 0 aromatic carbocycles. The summed E-state index contributed by atoms with van der Waals surface area (Å²) in [5.74, 6) is -2.69. The van der Waals surface area contributed by atoms with Gasteiger partial charge in [0.1, 0.15) is 0 Å². The molecule has 10 heavy (non-hydrogen) atoms. The van der Waals surface area contributed by atoms with Crippen LogP contribution in [0, 0.1) is 0 Å². The minimum Gasteiger partial charge on any atom is -0.550 e. The van der Waals surface area contributed by atoms with E-state index >= 15 is 0 Å². The zero-order chi connectivity index (χ0) is 8.15. The summed E-state index contributed by atoms with van der Waals surface area (Å²) >= 11 is 0. The molecule has 0 unspecified atom stereocenters. The average molecular weight is 142 g/mol. The maximum atomic E-state index is 9.83. The standard InChI is InChI=1S/C6H8O4/c1-4(2-5(7)8)3-6(9)10/h2H,3H2,1H3,(H,7,8)(H,9,10)/p-2. The van der Waals surface area contributed by atoms with Crippen LogP contribution in [-0.2, 0) is 9.59 Å². The van der Waals surface area contributed by atoms with Gasteiger partial charge in [-0.3, -0.25) is 0 Å². The number of hydrogen-bond donors (Lipinski definition) is 0. The Labute approximate surface area is 57.8 Å². The third-order valence-electron chi connectivity index (χ3n) is 0.787. The van der Waals surface area contributed by atoms with Crippen LogP contribution in [0.2, 0.25) is 0 Å². The number of aliphatic carboxylic acids is 2. The van der Waals surface area contributed by atoms with Crippen LogP contribution >= 0.6 is 0 Å². The molecule has 0 aliphatic carbocycles. The smallest absolute Gasteiger partial charge is 0.0642 e. The van der Waals surface area contributed by atoms with Crippen LogP contribution in [-0.4, -0.2) is 11.9 Å². The van der Waals surface area contributed by atoms with Gasteiger partial charge in [0.2, 0.25) is 0 Å². The van der Waals surface area contributed by atoms with Crippen molar-refractivity contribution in [3.8, 4) is 0 Å². The largest absolute Gasteiger partial charge is 0.550 e. The lowest BCUT2D eigenvalue weighted by atomic mass is 10.2. The molecular formula is C6H6O4-2. The molecule has 0 aliphatic rings. The van der Waals surface area contributed by atoms with E-state index in [2.05, 4.69) is 0 Å². The van der Waals surface area contributed by atoms with Gasteiger partial charge in [0.15, 0.2) is 0 Å². The maximum absolute atomic E-state index is 9.83. The highest BCUT2D eigenvalue weighted by Crippen LogP contribution is 1.95. The maximum Gasteiger partial charge on any atom is 0.0642 e. The first-order valence-corrected chi connectivity index (χ1v) is 2.60. The van der Waals surface area contributed by atoms with Crippen molar-refractivity contribution in [1.82, 2.24) is 0 Å². The molecule has 0 rings (SSSR count). The number of carboxylic acid groups (broad SMARTS) is 2. The van der Waals surface area contributed by atoms with Gasteiger partial charge in [-0.25, -0.2) is 0 Å². The predicted octanol–water partition coefficient (Wildman–Crippen LogP) is -2.18. The number of carbonyl (C=O) groups is 2. The van der Waals surface area contributed by atoms with Crippen LogP contribution in [0.4, 0.5) is 0 Å². The van der Waals surface area contributed by atoms with E-state index in [-0.39, 0.29) is 12.0 Å². The lowest BCUT2D eigenvalue weighted by molar-refractivity contribution is -0.304. The third-order valence-corrected chi connectivity index (χ3v) is 0.787. The van der Waals surface area contributed by atoms with Gasteiger partial charge >= 0.3 is 0 Å². The van der Waals surface area contributed by atoms with Crippen LogP contribution in [0.25, 0.3) is 0 Å². The van der Waals surface area contributed by atoms with Crippen LogP contribution in [0.3, 0.4) is 0 Å². The van der Waals surface area contributed by atoms with Crippen molar-refractivity contribution < 1.29 is 19.8 Å². The van der Waals surface area contributed by atoms with E-state index in [1.807, 2.05) is 0 Å². The van der Waals surface area contributed by atoms with Gasteiger partial charge in [-0.1, -0.05) is 5.57 Å². The Morgan fingerprint density at radius 3 is 2.20 bits per heavy atom. The second kappa shape index (κ2) is 3.66. The fourth-order valence-corrected chi connectivity index (χ4v) is 0.480. The lowest BCUT2D eigenvalue weighted by Gasteiger charge is -2.01. The van der Waals surface area contributed by atoms with Gasteiger partial charge in [-0.15, -0.1) is 0 Å². The second-order valence-corrected chi connectivity index (χ2v) is 1.86. The molecule has 0 fully saturated rings. The lowest BCUT2D eigenvalue weighted by Crippen LogP contribution is -2.23. The highest BCUT2D eigenvalue weighted by molar-refractivity contribution is 5.80. The Morgan fingerprint density at radius 1 is 1.40 bits per heavy atom. The second-order valence-electron chi connectivity index (χ2n) is 1.86. The summed E-state index contributed by atoms with van der Waals surface area (Å²) < 4.78 is 0. The number of rotatable bonds is 3. The van der Waals surface area contributed by atoms with Gasteiger partial charge in [0.25, 0.3) is 0 Å². The zero-order valence-electron chi connectivity index (χ0n) is 5.42. The van der Waals surface area contributed by atoms with E-state index in [1.54, 1.807) is 0 Å². The van der Waals surface area contributed by atoms with Crippen molar-refractivity contribution >= 4 is 11.9 Å². The Morgan fingerprint density at radius 2 is 1.90 bits per heavy atom. The molecule has 0 spiro atoms. The highest BCUT2D eigenvalue weighted by Gasteiger charge is 1.88. The van der Waals surface area contributed by atoms with E-state index in [9.17, 15) is 19.8 Å². The molecular weight excluding hydrogens is 136 g/mol. The van der Waals surface area contributed by atoms with Gasteiger partial charge in [-0.2, -0.15) is 0 Å². The van der Waals surface area contributed by atoms with Gasteiger partial charge < -0.3 is 19.8 Å². The van der Waals surface area contributed by atoms with Crippen molar-refractivity contribution in [1.29, 1.82) is 0 Å². The topological polar surface area (TPSA) is 80.3 Å². The van der Waals surface area contributed by atoms with E-state index in [1.165, 1.54) is 6.92 Å². The molecule has 0 bridgehead atoms. The summed E-state index contributed by atoms with van der Waals surface area (Å²) in [6.45, 7) is 1.38. The first-order valence-electron chi connectivity index (χ1n) is 2.60. The molecule has 0 aliphatic heterocycles. The number of carbonyl (C=O) groups excluding carboxylic acids is 2. The van der Waals surface area contributed by atoms with Crippen molar-refractivity contribution in [2.24, 2.45) is 0 Å². The average Bonchev–Trinajstić information content (AvgIpc) is 1.58.